The third-order valence-corrected chi connectivity index (χ3v) is 2.82. The molecule has 3 nitrogen and oxygen atoms in total. The lowest BCUT2D eigenvalue weighted by molar-refractivity contribution is 0.308. The van der Waals surface area contributed by atoms with Gasteiger partial charge >= 0.3 is 0 Å². The topological polar surface area (TPSA) is 18.5 Å². The van der Waals surface area contributed by atoms with Gasteiger partial charge in [0.1, 0.15) is 0 Å². The van der Waals surface area contributed by atoms with Crippen LogP contribution < -0.4 is 5.32 Å². The van der Waals surface area contributed by atoms with Crippen LogP contribution in [0.15, 0.2) is 0 Å². The highest BCUT2D eigenvalue weighted by atomic mass is 15.1. The van der Waals surface area contributed by atoms with Gasteiger partial charge in [0.25, 0.3) is 0 Å². The molecule has 0 fully saturated rings. The smallest absolute Gasteiger partial charge is 0.0125 e. The number of unbranched alkanes of at least 4 members (excludes halogenated alkanes) is 1. The van der Waals surface area contributed by atoms with Crippen molar-refractivity contribution in [1.82, 2.24) is 15.1 Å². The van der Waals surface area contributed by atoms with E-state index >= 15 is 0 Å². The number of rotatable bonds is 9. The molecule has 0 bridgehead atoms. The van der Waals surface area contributed by atoms with Gasteiger partial charge in [0, 0.05) is 18.6 Å². The molecule has 0 radical (unpaired) electrons. The van der Waals surface area contributed by atoms with Crippen LogP contribution >= 0.6 is 0 Å². The van der Waals surface area contributed by atoms with Crippen LogP contribution in [-0.2, 0) is 0 Å². The Morgan fingerprint density at radius 3 is 1.94 bits per heavy atom. The molecule has 0 rings (SSSR count). The molecule has 0 spiro atoms. The van der Waals surface area contributed by atoms with E-state index in [1.165, 1.54) is 25.8 Å². The van der Waals surface area contributed by atoms with Crippen LogP contribution in [0.3, 0.4) is 0 Å². The summed E-state index contributed by atoms with van der Waals surface area (Å²) in [7, 11) is 8.51. The molecule has 0 aliphatic rings. The van der Waals surface area contributed by atoms with E-state index in [2.05, 4.69) is 57.2 Å². The van der Waals surface area contributed by atoms with E-state index < -0.39 is 0 Å². The second-order valence-corrected chi connectivity index (χ2v) is 5.87. The van der Waals surface area contributed by atoms with E-state index in [1.807, 2.05) is 0 Å². The average Bonchev–Trinajstić information content (AvgIpc) is 2.11. The SMILES string of the molecule is CN(C)CCCCC(C)(C)NCCN(C)C. The molecule has 98 valence electrons. The fourth-order valence-electron chi connectivity index (χ4n) is 1.70. The summed E-state index contributed by atoms with van der Waals surface area (Å²) in [5, 5.41) is 3.62. The van der Waals surface area contributed by atoms with Crippen LogP contribution in [0.4, 0.5) is 0 Å². The van der Waals surface area contributed by atoms with Crippen molar-refractivity contribution < 1.29 is 0 Å². The van der Waals surface area contributed by atoms with E-state index in [4.69, 9.17) is 0 Å². The molecule has 0 heterocycles. The third-order valence-electron chi connectivity index (χ3n) is 2.82. The third kappa shape index (κ3) is 10.4. The first-order valence-corrected chi connectivity index (χ1v) is 6.38. The van der Waals surface area contributed by atoms with Crippen LogP contribution in [-0.4, -0.2) is 63.2 Å². The van der Waals surface area contributed by atoms with Gasteiger partial charge in [0.15, 0.2) is 0 Å². The zero-order valence-corrected chi connectivity index (χ0v) is 12.1. The summed E-state index contributed by atoms with van der Waals surface area (Å²) in [5.74, 6) is 0. The second kappa shape index (κ2) is 8.04. The Kier molecular flexibility index (Phi) is 7.98. The maximum absolute atomic E-state index is 3.62. The first-order valence-electron chi connectivity index (χ1n) is 6.38. The summed E-state index contributed by atoms with van der Waals surface area (Å²) in [6.07, 6.45) is 3.86. The highest BCUT2D eigenvalue weighted by molar-refractivity contribution is 4.77. The number of nitrogens with one attached hydrogen (secondary N) is 1. The van der Waals surface area contributed by atoms with Gasteiger partial charge in [0.05, 0.1) is 0 Å². The van der Waals surface area contributed by atoms with Crippen molar-refractivity contribution in [3.8, 4) is 0 Å². The zero-order valence-electron chi connectivity index (χ0n) is 12.1. The second-order valence-electron chi connectivity index (χ2n) is 5.87. The standard InChI is InChI=1S/C13H31N3/c1-13(2,14-10-12-16(5)6)9-7-8-11-15(3)4/h14H,7-12H2,1-6H3. The Morgan fingerprint density at radius 1 is 0.875 bits per heavy atom. The molecule has 0 aromatic carbocycles. The van der Waals surface area contributed by atoms with Crippen molar-refractivity contribution in [1.29, 1.82) is 0 Å². The summed E-state index contributed by atoms with van der Waals surface area (Å²) in [4.78, 5) is 4.47. The molecule has 0 aromatic heterocycles. The van der Waals surface area contributed by atoms with Gasteiger partial charge in [-0.3, -0.25) is 0 Å². The minimum absolute atomic E-state index is 0.280. The summed E-state index contributed by atoms with van der Waals surface area (Å²) in [6, 6.07) is 0. The lowest BCUT2D eigenvalue weighted by Gasteiger charge is -2.27. The Balaban J connectivity index is 3.53. The number of hydrogen-bond donors (Lipinski definition) is 1. The van der Waals surface area contributed by atoms with Gasteiger partial charge in [-0.05, 0) is 61.4 Å². The predicted octanol–water partition coefficient (Wildman–Crippen LogP) is 1.65. The molecule has 0 unspecified atom stereocenters. The van der Waals surface area contributed by atoms with E-state index in [0.717, 1.165) is 13.1 Å². The molecule has 3 heteroatoms. The molecule has 0 aromatic rings. The summed E-state index contributed by atoms with van der Waals surface area (Å²) in [6.45, 7) is 8.00. The van der Waals surface area contributed by atoms with Crippen LogP contribution in [0.5, 0.6) is 0 Å². The molecule has 16 heavy (non-hydrogen) atoms. The molecule has 0 aliphatic heterocycles. The quantitative estimate of drug-likeness (QED) is 0.607. The molecule has 1 N–H and O–H groups in total. The average molecular weight is 229 g/mol. The highest BCUT2D eigenvalue weighted by Crippen LogP contribution is 2.12. The van der Waals surface area contributed by atoms with Crippen LogP contribution in [0.1, 0.15) is 33.1 Å². The van der Waals surface area contributed by atoms with Gasteiger partial charge in [0.2, 0.25) is 0 Å². The molecule has 0 aliphatic carbocycles. The highest BCUT2D eigenvalue weighted by Gasteiger charge is 2.15. The summed E-state index contributed by atoms with van der Waals surface area (Å²) < 4.78 is 0. The van der Waals surface area contributed by atoms with Crippen LogP contribution in [0.25, 0.3) is 0 Å². The maximum atomic E-state index is 3.62. The number of hydrogen-bond acceptors (Lipinski definition) is 3. The van der Waals surface area contributed by atoms with Crippen molar-refractivity contribution in [2.24, 2.45) is 0 Å². The Hall–Kier alpha value is -0.120. The Labute approximate surface area is 102 Å². The zero-order chi connectivity index (χ0) is 12.6. The van der Waals surface area contributed by atoms with Crippen molar-refractivity contribution in [3.05, 3.63) is 0 Å². The minimum atomic E-state index is 0.280. The van der Waals surface area contributed by atoms with Crippen molar-refractivity contribution in [2.75, 3.05) is 47.8 Å². The first kappa shape index (κ1) is 15.9. The molecule has 0 saturated carbocycles. The molecular weight excluding hydrogens is 198 g/mol. The summed E-state index contributed by atoms with van der Waals surface area (Å²) in [5.41, 5.74) is 0.280. The Morgan fingerprint density at radius 2 is 1.44 bits per heavy atom. The summed E-state index contributed by atoms with van der Waals surface area (Å²) >= 11 is 0. The van der Waals surface area contributed by atoms with E-state index in [0.29, 0.717) is 0 Å². The molecule has 0 amide bonds. The van der Waals surface area contributed by atoms with Crippen molar-refractivity contribution in [3.63, 3.8) is 0 Å². The largest absolute Gasteiger partial charge is 0.311 e. The monoisotopic (exact) mass is 229 g/mol. The number of likely N-dealkylation sites (N-methyl/N-ethyl adjacent to an activating group) is 1. The first-order chi connectivity index (χ1) is 7.33. The minimum Gasteiger partial charge on any atom is -0.311 e. The van der Waals surface area contributed by atoms with E-state index in [9.17, 15) is 0 Å². The van der Waals surface area contributed by atoms with E-state index in [-0.39, 0.29) is 5.54 Å². The number of nitrogens with zero attached hydrogens (tertiary/aromatic N) is 2. The molecular formula is C13H31N3. The van der Waals surface area contributed by atoms with Crippen LogP contribution in [0.2, 0.25) is 0 Å². The van der Waals surface area contributed by atoms with Crippen molar-refractivity contribution >= 4 is 0 Å². The van der Waals surface area contributed by atoms with Crippen molar-refractivity contribution in [2.45, 2.75) is 38.6 Å². The van der Waals surface area contributed by atoms with Gasteiger partial charge in [-0.15, -0.1) is 0 Å². The van der Waals surface area contributed by atoms with Gasteiger partial charge in [-0.25, -0.2) is 0 Å². The normalized spacial score (nSPS) is 12.8. The van der Waals surface area contributed by atoms with Gasteiger partial charge < -0.3 is 15.1 Å². The lowest BCUT2D eigenvalue weighted by atomic mass is 9.97. The lowest BCUT2D eigenvalue weighted by Crippen LogP contribution is -2.42. The fourth-order valence-corrected chi connectivity index (χ4v) is 1.70. The molecule has 0 atom stereocenters. The fraction of sp³-hybridized carbons (Fsp3) is 1.00. The Bertz CT molecular complexity index is 165. The molecule has 0 saturated heterocycles. The van der Waals surface area contributed by atoms with Gasteiger partial charge in [-0.2, -0.15) is 0 Å². The van der Waals surface area contributed by atoms with Crippen LogP contribution in [0, 0.1) is 0 Å². The predicted molar refractivity (Wildman–Crippen MR) is 73.0 cm³/mol. The van der Waals surface area contributed by atoms with E-state index in [1.54, 1.807) is 0 Å². The maximum Gasteiger partial charge on any atom is 0.0125 e. The van der Waals surface area contributed by atoms with Gasteiger partial charge in [-0.1, -0.05) is 6.42 Å².